The van der Waals surface area contributed by atoms with Crippen molar-refractivity contribution in [3.05, 3.63) is 60.8 Å². The van der Waals surface area contributed by atoms with Crippen LogP contribution in [0.2, 0.25) is 0 Å². The molecule has 0 radical (unpaired) electrons. The summed E-state index contributed by atoms with van der Waals surface area (Å²) in [6.45, 7) is 4.39. The fourth-order valence-electron chi connectivity index (χ4n) is 5.29. The molecule has 0 fully saturated rings. The van der Waals surface area contributed by atoms with E-state index in [1.165, 1.54) is 83.5 Å². The van der Waals surface area contributed by atoms with Gasteiger partial charge in [-0.3, -0.25) is 9.35 Å². The Morgan fingerprint density at radius 2 is 0.957 bits per heavy atom. The van der Waals surface area contributed by atoms with Crippen LogP contribution in [0.15, 0.2) is 60.8 Å². The Bertz CT molecular complexity index is 951. The lowest BCUT2D eigenvalue weighted by molar-refractivity contribution is -0.121. The topological polar surface area (TPSA) is 104 Å². The first-order valence-corrected chi connectivity index (χ1v) is 20.1. The summed E-state index contributed by atoms with van der Waals surface area (Å²) in [5, 5.41) is 13.2. The number of allylic oxidation sites excluding steroid dienone is 9. The minimum Gasteiger partial charge on any atom is -0.391 e. The molecule has 0 aromatic carbocycles. The van der Waals surface area contributed by atoms with Crippen LogP contribution in [0.5, 0.6) is 0 Å². The molecule has 0 aromatic rings. The summed E-state index contributed by atoms with van der Waals surface area (Å²) in [5.74, 6) is -1.06. The van der Waals surface area contributed by atoms with Crippen molar-refractivity contribution in [2.45, 2.75) is 174 Å². The first kappa shape index (κ1) is 44.0. The quantitative estimate of drug-likeness (QED) is 0.0377. The number of carbonyl (C=O) groups excluding carboxylic acids is 1. The molecule has 0 aliphatic heterocycles. The van der Waals surface area contributed by atoms with Gasteiger partial charge in [-0.05, 0) is 38.5 Å². The van der Waals surface area contributed by atoms with Gasteiger partial charge in [-0.25, -0.2) is 0 Å². The maximum Gasteiger partial charge on any atom is 0.266 e. The highest BCUT2D eigenvalue weighted by molar-refractivity contribution is 7.85. The zero-order valence-corrected chi connectivity index (χ0v) is 30.2. The molecule has 0 aliphatic carbocycles. The van der Waals surface area contributed by atoms with Crippen molar-refractivity contribution in [1.82, 2.24) is 5.32 Å². The second-order valence-electron chi connectivity index (χ2n) is 12.5. The van der Waals surface area contributed by atoms with Crippen molar-refractivity contribution in [3.63, 3.8) is 0 Å². The fourth-order valence-corrected chi connectivity index (χ4v) is 6.04. The molecule has 7 heteroatoms. The summed E-state index contributed by atoms with van der Waals surface area (Å²) >= 11 is 0. The summed E-state index contributed by atoms with van der Waals surface area (Å²) in [7, 11) is -4.34. The van der Waals surface area contributed by atoms with E-state index >= 15 is 0 Å². The van der Waals surface area contributed by atoms with E-state index in [0.29, 0.717) is 12.8 Å². The maximum atomic E-state index is 12.4. The predicted molar refractivity (Wildman–Crippen MR) is 198 cm³/mol. The van der Waals surface area contributed by atoms with Gasteiger partial charge in [0.15, 0.2) is 0 Å². The lowest BCUT2D eigenvalue weighted by atomic mass is 10.0. The first-order valence-electron chi connectivity index (χ1n) is 18.5. The molecule has 2 atom stereocenters. The maximum absolute atomic E-state index is 12.4. The average Bonchev–Trinajstić information content (AvgIpc) is 3.01. The van der Waals surface area contributed by atoms with Crippen molar-refractivity contribution >= 4 is 16.0 Å². The third-order valence-corrected chi connectivity index (χ3v) is 8.80. The van der Waals surface area contributed by atoms with Crippen LogP contribution in [0.4, 0.5) is 0 Å². The monoisotopic (exact) mass is 663 g/mol. The number of unbranched alkanes of at least 4 members (excludes halogenated alkanes) is 15. The number of hydrogen-bond donors (Lipinski definition) is 3. The lowest BCUT2D eigenvalue weighted by Gasteiger charge is -2.23. The second-order valence-corrected chi connectivity index (χ2v) is 14.0. The van der Waals surface area contributed by atoms with Crippen LogP contribution < -0.4 is 5.32 Å². The van der Waals surface area contributed by atoms with Crippen molar-refractivity contribution in [2.75, 3.05) is 5.75 Å². The van der Waals surface area contributed by atoms with E-state index in [9.17, 15) is 22.9 Å². The zero-order valence-electron chi connectivity index (χ0n) is 29.4. The molecule has 0 spiro atoms. The van der Waals surface area contributed by atoms with E-state index < -0.39 is 28.0 Å². The number of aliphatic hydroxyl groups is 1. The van der Waals surface area contributed by atoms with Gasteiger partial charge in [-0.2, -0.15) is 8.42 Å². The van der Waals surface area contributed by atoms with Gasteiger partial charge in [0.05, 0.1) is 17.9 Å². The summed E-state index contributed by atoms with van der Waals surface area (Å²) in [4.78, 5) is 12.4. The predicted octanol–water partition coefficient (Wildman–Crippen LogP) is 10.5. The van der Waals surface area contributed by atoms with Crippen LogP contribution in [-0.2, 0) is 14.9 Å². The molecule has 46 heavy (non-hydrogen) atoms. The van der Waals surface area contributed by atoms with E-state index in [1.807, 2.05) is 12.2 Å². The van der Waals surface area contributed by atoms with Crippen LogP contribution in [0, 0.1) is 0 Å². The first-order chi connectivity index (χ1) is 22.3. The molecule has 0 aromatic heterocycles. The van der Waals surface area contributed by atoms with Gasteiger partial charge in [-0.1, -0.05) is 177 Å². The highest BCUT2D eigenvalue weighted by Gasteiger charge is 2.25. The molecule has 0 aliphatic rings. The second kappa shape index (κ2) is 33.0. The average molecular weight is 664 g/mol. The van der Waals surface area contributed by atoms with Crippen molar-refractivity contribution in [1.29, 1.82) is 0 Å². The Morgan fingerprint density at radius 3 is 1.35 bits per heavy atom. The molecule has 2 unspecified atom stereocenters. The minimum absolute atomic E-state index is 0.0846. The van der Waals surface area contributed by atoms with Gasteiger partial charge in [0.2, 0.25) is 5.91 Å². The van der Waals surface area contributed by atoms with Gasteiger partial charge in [-0.15, -0.1) is 0 Å². The van der Waals surface area contributed by atoms with E-state index in [1.54, 1.807) is 6.08 Å². The smallest absolute Gasteiger partial charge is 0.266 e. The van der Waals surface area contributed by atoms with Crippen LogP contribution in [0.3, 0.4) is 0 Å². The van der Waals surface area contributed by atoms with E-state index in [4.69, 9.17) is 0 Å². The Morgan fingerprint density at radius 1 is 0.587 bits per heavy atom. The van der Waals surface area contributed by atoms with Gasteiger partial charge in [0.25, 0.3) is 10.1 Å². The molecule has 6 nitrogen and oxygen atoms in total. The summed E-state index contributed by atoms with van der Waals surface area (Å²) in [5.41, 5.74) is 0. The molecule has 3 N–H and O–H groups in total. The Labute approximate surface area is 283 Å². The van der Waals surface area contributed by atoms with Crippen molar-refractivity contribution in [2.24, 2.45) is 0 Å². The molecule has 0 heterocycles. The van der Waals surface area contributed by atoms with Crippen molar-refractivity contribution < 1.29 is 22.9 Å². The molecule has 0 rings (SSSR count). The van der Waals surface area contributed by atoms with Crippen molar-refractivity contribution in [3.8, 4) is 0 Å². The molecular formula is C39H69NO5S. The SMILES string of the molecule is CC/C=C\C/C=C\C/C=C\C/C=C\C/C=C\CC(=O)NC(CS(=O)(=O)O)C(O)CCCCCCCCCCCCCCCCCC. The minimum atomic E-state index is -4.34. The van der Waals surface area contributed by atoms with E-state index in [0.717, 1.165) is 44.9 Å². The molecule has 0 saturated heterocycles. The highest BCUT2D eigenvalue weighted by atomic mass is 32.2. The van der Waals surface area contributed by atoms with Crippen LogP contribution in [0.25, 0.3) is 0 Å². The third kappa shape index (κ3) is 33.4. The Kier molecular flexibility index (Phi) is 31.6. The summed E-state index contributed by atoms with van der Waals surface area (Å²) in [6, 6.07) is -1.03. The zero-order chi connectivity index (χ0) is 34.0. The Balaban J connectivity index is 4.07. The number of hydrogen-bond acceptors (Lipinski definition) is 4. The summed E-state index contributed by atoms with van der Waals surface area (Å²) < 4.78 is 32.4. The Hall–Kier alpha value is -1.96. The summed E-state index contributed by atoms with van der Waals surface area (Å²) in [6.07, 6.45) is 44.8. The third-order valence-electron chi connectivity index (χ3n) is 8.02. The number of nitrogens with one attached hydrogen (secondary N) is 1. The lowest BCUT2D eigenvalue weighted by Crippen LogP contribution is -2.47. The number of carbonyl (C=O) groups is 1. The van der Waals surface area contributed by atoms with Crippen LogP contribution >= 0.6 is 0 Å². The van der Waals surface area contributed by atoms with Gasteiger partial charge >= 0.3 is 0 Å². The number of amides is 1. The number of aliphatic hydroxyl groups excluding tert-OH is 1. The van der Waals surface area contributed by atoms with Gasteiger partial charge < -0.3 is 10.4 Å². The molecule has 1 amide bonds. The molecule has 0 saturated carbocycles. The highest BCUT2D eigenvalue weighted by Crippen LogP contribution is 2.15. The number of rotatable bonds is 32. The standard InChI is InChI=1S/C39H69NO5S/c1-3-5-7-9-11-13-15-17-19-21-22-24-26-28-30-32-34-38(41)37(36-46(43,44)45)40-39(42)35-33-31-29-27-25-23-20-18-16-14-12-10-8-6-4-2/h6,8,12,14,18,20,25,27,31,33,37-38,41H,3-5,7,9-11,13,15-17,19,21-24,26,28-30,32,34-36H2,1-2H3,(H,40,42)(H,43,44,45)/b8-6-,14-12-,20-18-,27-25-,33-31-. The van der Waals surface area contributed by atoms with E-state index in [2.05, 4.69) is 61.7 Å². The molecular weight excluding hydrogens is 594 g/mol. The molecule has 266 valence electrons. The van der Waals surface area contributed by atoms with Gasteiger partial charge in [0.1, 0.15) is 0 Å². The largest absolute Gasteiger partial charge is 0.391 e. The van der Waals surface area contributed by atoms with Gasteiger partial charge in [0, 0.05) is 6.42 Å². The van der Waals surface area contributed by atoms with Crippen LogP contribution in [0.1, 0.15) is 162 Å². The van der Waals surface area contributed by atoms with E-state index in [-0.39, 0.29) is 12.3 Å². The normalized spacial score (nSPS) is 14.1. The fraction of sp³-hybridized carbons (Fsp3) is 0.718. The van der Waals surface area contributed by atoms with Crippen LogP contribution in [-0.4, -0.2) is 41.9 Å². The molecule has 0 bridgehead atoms.